The van der Waals surface area contributed by atoms with Crippen molar-refractivity contribution in [1.29, 1.82) is 0 Å². The van der Waals surface area contributed by atoms with Gasteiger partial charge in [0.05, 0.1) is 16.9 Å². The molecule has 1 N–H and O–H groups in total. The average Bonchev–Trinajstić information content (AvgIpc) is 2.84. The van der Waals surface area contributed by atoms with Crippen molar-refractivity contribution >= 4 is 15.9 Å². The first-order valence-electron chi connectivity index (χ1n) is 10.5. The molecule has 160 valence electrons. The Labute approximate surface area is 183 Å². The van der Waals surface area contributed by atoms with E-state index >= 15 is 0 Å². The lowest BCUT2D eigenvalue weighted by Crippen LogP contribution is -2.46. The van der Waals surface area contributed by atoms with Crippen LogP contribution in [-0.2, 0) is 14.8 Å². The molecule has 3 aromatic rings. The predicted molar refractivity (Wildman–Crippen MR) is 121 cm³/mol. The SMILES string of the molecule is O=C(NC(c1ccccc1)c1ccccc1)[C@@H]1CCCN(S(=O)(=O)c2ccccc2)C1. The smallest absolute Gasteiger partial charge is 0.243 e. The van der Waals surface area contributed by atoms with Crippen molar-refractivity contribution in [2.75, 3.05) is 13.1 Å². The molecule has 3 aromatic carbocycles. The molecule has 1 heterocycles. The van der Waals surface area contributed by atoms with Crippen molar-refractivity contribution in [1.82, 2.24) is 9.62 Å². The molecule has 1 fully saturated rings. The molecule has 5 nitrogen and oxygen atoms in total. The van der Waals surface area contributed by atoms with Crippen LogP contribution in [0.25, 0.3) is 0 Å². The number of amides is 1. The van der Waals surface area contributed by atoms with Crippen LogP contribution in [0, 0.1) is 5.92 Å². The van der Waals surface area contributed by atoms with Gasteiger partial charge in [-0.25, -0.2) is 8.42 Å². The highest BCUT2D eigenvalue weighted by atomic mass is 32.2. The van der Waals surface area contributed by atoms with Gasteiger partial charge in [0.2, 0.25) is 15.9 Å². The Morgan fingerprint density at radius 2 is 1.35 bits per heavy atom. The Hall–Kier alpha value is -2.96. The van der Waals surface area contributed by atoms with E-state index in [4.69, 9.17) is 0 Å². The summed E-state index contributed by atoms with van der Waals surface area (Å²) in [5, 5.41) is 3.17. The molecule has 0 radical (unpaired) electrons. The first-order chi connectivity index (χ1) is 15.1. The molecule has 6 heteroatoms. The van der Waals surface area contributed by atoms with Crippen molar-refractivity contribution in [2.24, 2.45) is 5.92 Å². The average molecular weight is 435 g/mol. The van der Waals surface area contributed by atoms with Gasteiger partial charge in [-0.05, 0) is 36.1 Å². The van der Waals surface area contributed by atoms with Crippen molar-refractivity contribution in [2.45, 2.75) is 23.8 Å². The van der Waals surface area contributed by atoms with Crippen LogP contribution >= 0.6 is 0 Å². The first-order valence-corrected chi connectivity index (χ1v) is 11.9. The number of hydrogen-bond donors (Lipinski definition) is 1. The molecule has 4 rings (SSSR count). The summed E-state index contributed by atoms with van der Waals surface area (Å²) in [6.45, 7) is 0.626. The maximum Gasteiger partial charge on any atom is 0.243 e. The normalized spacial score (nSPS) is 17.4. The van der Waals surface area contributed by atoms with E-state index in [1.54, 1.807) is 30.3 Å². The fourth-order valence-electron chi connectivity index (χ4n) is 4.03. The topological polar surface area (TPSA) is 66.5 Å². The molecular formula is C25H26N2O3S. The number of piperidine rings is 1. The van der Waals surface area contributed by atoms with Gasteiger partial charge in [0, 0.05) is 13.1 Å². The van der Waals surface area contributed by atoms with E-state index in [2.05, 4.69) is 5.32 Å². The maximum atomic E-state index is 13.2. The van der Waals surface area contributed by atoms with Crippen LogP contribution in [0.5, 0.6) is 0 Å². The summed E-state index contributed by atoms with van der Waals surface area (Å²) < 4.78 is 27.5. The molecule has 0 aromatic heterocycles. The lowest BCUT2D eigenvalue weighted by atomic mass is 9.95. The monoisotopic (exact) mass is 434 g/mol. The van der Waals surface area contributed by atoms with Gasteiger partial charge in [-0.3, -0.25) is 4.79 Å². The van der Waals surface area contributed by atoms with Gasteiger partial charge in [-0.15, -0.1) is 0 Å². The summed E-state index contributed by atoms with van der Waals surface area (Å²) in [5.41, 5.74) is 1.98. The summed E-state index contributed by atoms with van der Waals surface area (Å²) in [6.07, 6.45) is 1.33. The van der Waals surface area contributed by atoms with Gasteiger partial charge in [-0.1, -0.05) is 78.9 Å². The summed E-state index contributed by atoms with van der Waals surface area (Å²) in [4.78, 5) is 13.5. The molecule has 0 spiro atoms. The van der Waals surface area contributed by atoms with E-state index in [1.807, 2.05) is 60.7 Å². The van der Waals surface area contributed by atoms with E-state index in [-0.39, 0.29) is 29.3 Å². The molecule has 0 aliphatic carbocycles. The van der Waals surface area contributed by atoms with Crippen LogP contribution in [0.3, 0.4) is 0 Å². The second-order valence-corrected chi connectivity index (χ2v) is 9.72. The predicted octanol–water partition coefficient (Wildman–Crippen LogP) is 3.99. The third kappa shape index (κ3) is 4.86. The minimum atomic E-state index is -3.61. The molecule has 1 aliphatic heterocycles. The van der Waals surface area contributed by atoms with E-state index in [9.17, 15) is 13.2 Å². The zero-order valence-corrected chi connectivity index (χ0v) is 18.0. The summed E-state index contributed by atoms with van der Waals surface area (Å²) >= 11 is 0. The van der Waals surface area contributed by atoms with E-state index in [0.29, 0.717) is 19.4 Å². The molecule has 1 saturated heterocycles. The van der Waals surface area contributed by atoms with E-state index in [0.717, 1.165) is 11.1 Å². The summed E-state index contributed by atoms with van der Waals surface area (Å²) in [6, 6.07) is 27.8. The molecule has 31 heavy (non-hydrogen) atoms. The number of sulfonamides is 1. The highest BCUT2D eigenvalue weighted by molar-refractivity contribution is 7.89. The number of carbonyl (C=O) groups excluding carboxylic acids is 1. The fraction of sp³-hybridized carbons (Fsp3) is 0.240. The molecule has 1 aliphatic rings. The first kappa shape index (κ1) is 21.3. The zero-order valence-electron chi connectivity index (χ0n) is 17.2. The Morgan fingerprint density at radius 3 is 1.90 bits per heavy atom. The lowest BCUT2D eigenvalue weighted by Gasteiger charge is -2.32. The third-order valence-electron chi connectivity index (χ3n) is 5.69. The number of hydrogen-bond acceptors (Lipinski definition) is 3. The Morgan fingerprint density at radius 1 is 0.839 bits per heavy atom. The summed E-state index contributed by atoms with van der Waals surface area (Å²) in [5.74, 6) is -0.507. The van der Waals surface area contributed by atoms with Gasteiger partial charge >= 0.3 is 0 Å². The van der Waals surface area contributed by atoms with Crippen molar-refractivity contribution in [3.05, 3.63) is 102 Å². The summed E-state index contributed by atoms with van der Waals surface area (Å²) in [7, 11) is -3.61. The second-order valence-electron chi connectivity index (χ2n) is 7.78. The molecule has 0 saturated carbocycles. The van der Waals surface area contributed by atoms with Crippen molar-refractivity contribution in [3.8, 4) is 0 Å². The van der Waals surface area contributed by atoms with Crippen molar-refractivity contribution in [3.63, 3.8) is 0 Å². The maximum absolute atomic E-state index is 13.2. The van der Waals surface area contributed by atoms with Crippen molar-refractivity contribution < 1.29 is 13.2 Å². The number of nitrogens with zero attached hydrogens (tertiary/aromatic N) is 1. The zero-order chi connectivity index (χ0) is 21.7. The van der Waals surface area contributed by atoms with Crippen LogP contribution < -0.4 is 5.32 Å². The highest BCUT2D eigenvalue weighted by Gasteiger charge is 2.34. The standard InChI is InChI=1S/C25H26N2O3S/c28-25(26-24(20-11-4-1-5-12-20)21-13-6-2-7-14-21)22-15-10-18-27(19-22)31(29,30)23-16-8-3-9-17-23/h1-9,11-14,16-17,22,24H,10,15,18-19H2,(H,26,28)/t22-/m1/s1. The van der Waals surface area contributed by atoms with Crippen LogP contribution in [0.15, 0.2) is 95.9 Å². The van der Waals surface area contributed by atoms with E-state index < -0.39 is 10.0 Å². The Balaban J connectivity index is 1.53. The van der Waals surface area contributed by atoms with Gasteiger partial charge in [-0.2, -0.15) is 4.31 Å². The van der Waals surface area contributed by atoms with Gasteiger partial charge in [0.25, 0.3) is 0 Å². The molecule has 1 amide bonds. The third-order valence-corrected chi connectivity index (χ3v) is 7.57. The number of nitrogens with one attached hydrogen (secondary N) is 1. The van der Waals surface area contributed by atoms with Crippen LogP contribution in [0.2, 0.25) is 0 Å². The van der Waals surface area contributed by atoms with E-state index in [1.165, 1.54) is 4.31 Å². The highest BCUT2D eigenvalue weighted by Crippen LogP contribution is 2.26. The van der Waals surface area contributed by atoms with Crippen LogP contribution in [0.1, 0.15) is 30.0 Å². The van der Waals surface area contributed by atoms with Gasteiger partial charge in [0.1, 0.15) is 0 Å². The lowest BCUT2D eigenvalue weighted by molar-refractivity contribution is -0.126. The Bertz CT molecular complexity index is 1060. The number of carbonyl (C=O) groups is 1. The minimum absolute atomic E-state index is 0.120. The largest absolute Gasteiger partial charge is 0.345 e. The molecule has 1 atom stereocenters. The number of benzene rings is 3. The van der Waals surface area contributed by atoms with Gasteiger partial charge in [0.15, 0.2) is 0 Å². The molecule has 0 bridgehead atoms. The molecular weight excluding hydrogens is 408 g/mol. The Kier molecular flexibility index (Phi) is 6.49. The van der Waals surface area contributed by atoms with Crippen LogP contribution in [0.4, 0.5) is 0 Å². The molecule has 0 unspecified atom stereocenters. The van der Waals surface area contributed by atoms with Gasteiger partial charge < -0.3 is 5.32 Å². The quantitative estimate of drug-likeness (QED) is 0.638. The fourth-order valence-corrected chi connectivity index (χ4v) is 5.57. The number of rotatable bonds is 6. The van der Waals surface area contributed by atoms with Crippen LogP contribution in [-0.4, -0.2) is 31.7 Å². The second kappa shape index (κ2) is 9.45. The minimum Gasteiger partial charge on any atom is -0.345 e.